The number of carbonyl (C=O) groups excluding carboxylic acids is 1. The highest BCUT2D eigenvalue weighted by Gasteiger charge is 2.37. The maximum absolute atomic E-state index is 12.8. The average molecular weight is 375 g/mol. The van der Waals surface area contributed by atoms with Crippen LogP contribution < -0.4 is 5.32 Å². The SMILES string of the molecule is CC(C)N1CCC(Cc2ccccn2)(NC(=O)CCN2CCOCC2)CC1. The Morgan fingerprint density at radius 3 is 2.59 bits per heavy atom. The van der Waals surface area contributed by atoms with Crippen molar-refractivity contribution in [1.29, 1.82) is 0 Å². The second kappa shape index (κ2) is 9.62. The molecule has 2 aliphatic heterocycles. The highest BCUT2D eigenvalue weighted by molar-refractivity contribution is 5.77. The molecular formula is C21H34N4O2. The Kier molecular flexibility index (Phi) is 7.21. The van der Waals surface area contributed by atoms with Crippen LogP contribution in [0.4, 0.5) is 0 Å². The average Bonchev–Trinajstić information content (AvgIpc) is 2.68. The number of hydrogen-bond acceptors (Lipinski definition) is 5. The van der Waals surface area contributed by atoms with Gasteiger partial charge in [-0.25, -0.2) is 0 Å². The maximum atomic E-state index is 12.8. The number of morpholine rings is 1. The number of pyridine rings is 1. The maximum Gasteiger partial charge on any atom is 0.221 e. The van der Waals surface area contributed by atoms with Crippen molar-refractivity contribution in [3.05, 3.63) is 30.1 Å². The Morgan fingerprint density at radius 2 is 1.96 bits per heavy atom. The molecule has 6 nitrogen and oxygen atoms in total. The highest BCUT2D eigenvalue weighted by Crippen LogP contribution is 2.27. The number of carbonyl (C=O) groups is 1. The molecule has 27 heavy (non-hydrogen) atoms. The van der Waals surface area contributed by atoms with E-state index in [2.05, 4.69) is 40.0 Å². The van der Waals surface area contributed by atoms with Gasteiger partial charge < -0.3 is 15.0 Å². The van der Waals surface area contributed by atoms with E-state index >= 15 is 0 Å². The molecule has 1 aromatic heterocycles. The number of amides is 1. The van der Waals surface area contributed by atoms with Gasteiger partial charge in [0, 0.05) is 69.0 Å². The molecule has 2 saturated heterocycles. The van der Waals surface area contributed by atoms with Crippen molar-refractivity contribution in [2.24, 2.45) is 0 Å². The molecule has 6 heteroatoms. The standard InChI is InChI=1S/C21H34N4O2/c1-18(2)25-11-7-21(8-12-25,17-19-5-3-4-9-22-19)23-20(26)6-10-24-13-15-27-16-14-24/h3-5,9,18H,6-8,10-17H2,1-2H3,(H,23,26). The molecule has 150 valence electrons. The summed E-state index contributed by atoms with van der Waals surface area (Å²) >= 11 is 0. The van der Waals surface area contributed by atoms with E-state index in [-0.39, 0.29) is 11.4 Å². The van der Waals surface area contributed by atoms with E-state index in [0.717, 1.165) is 70.9 Å². The molecular weight excluding hydrogens is 340 g/mol. The Hall–Kier alpha value is -1.50. The molecule has 0 saturated carbocycles. The smallest absolute Gasteiger partial charge is 0.221 e. The zero-order valence-electron chi connectivity index (χ0n) is 16.8. The zero-order chi connectivity index (χ0) is 19.1. The van der Waals surface area contributed by atoms with E-state index < -0.39 is 0 Å². The molecule has 2 aliphatic rings. The van der Waals surface area contributed by atoms with Crippen molar-refractivity contribution in [2.75, 3.05) is 45.9 Å². The summed E-state index contributed by atoms with van der Waals surface area (Å²) in [5.41, 5.74) is 0.881. The molecule has 0 atom stereocenters. The fourth-order valence-corrected chi connectivity index (χ4v) is 4.11. The van der Waals surface area contributed by atoms with Crippen LogP contribution in [0.1, 0.15) is 38.8 Å². The van der Waals surface area contributed by atoms with Crippen LogP contribution in [0.2, 0.25) is 0 Å². The van der Waals surface area contributed by atoms with Crippen LogP contribution >= 0.6 is 0 Å². The van der Waals surface area contributed by atoms with Gasteiger partial charge in [0.2, 0.25) is 5.91 Å². The quantitative estimate of drug-likeness (QED) is 0.787. The monoisotopic (exact) mass is 374 g/mol. The molecule has 0 radical (unpaired) electrons. The number of aromatic nitrogens is 1. The highest BCUT2D eigenvalue weighted by atomic mass is 16.5. The number of hydrogen-bond donors (Lipinski definition) is 1. The number of nitrogens with zero attached hydrogens (tertiary/aromatic N) is 3. The van der Waals surface area contributed by atoms with Crippen LogP contribution in [0.25, 0.3) is 0 Å². The summed E-state index contributed by atoms with van der Waals surface area (Å²) in [6.07, 6.45) is 5.16. The third kappa shape index (κ3) is 5.99. The van der Waals surface area contributed by atoms with Crippen LogP contribution in [0.5, 0.6) is 0 Å². The zero-order valence-corrected chi connectivity index (χ0v) is 16.8. The Bertz CT molecular complexity index is 579. The number of rotatable bonds is 7. The van der Waals surface area contributed by atoms with Gasteiger partial charge in [-0.3, -0.25) is 14.7 Å². The second-order valence-corrected chi connectivity index (χ2v) is 8.16. The van der Waals surface area contributed by atoms with E-state index in [4.69, 9.17) is 4.74 Å². The summed E-state index contributed by atoms with van der Waals surface area (Å²) in [4.78, 5) is 22.1. The first-order valence-corrected chi connectivity index (χ1v) is 10.3. The number of piperidine rings is 1. The van der Waals surface area contributed by atoms with Crippen molar-refractivity contribution in [1.82, 2.24) is 20.1 Å². The fraction of sp³-hybridized carbons (Fsp3) is 0.714. The number of ether oxygens (including phenoxy) is 1. The van der Waals surface area contributed by atoms with E-state index in [1.807, 2.05) is 18.3 Å². The predicted octanol–water partition coefficient (Wildman–Crippen LogP) is 1.71. The number of nitrogens with one attached hydrogen (secondary N) is 1. The largest absolute Gasteiger partial charge is 0.379 e. The Balaban J connectivity index is 1.60. The van der Waals surface area contributed by atoms with Crippen LogP contribution in [0, 0.1) is 0 Å². The van der Waals surface area contributed by atoms with Gasteiger partial charge in [-0.05, 0) is 38.8 Å². The minimum absolute atomic E-state index is 0.162. The minimum atomic E-state index is -0.179. The molecule has 0 unspecified atom stereocenters. The van der Waals surface area contributed by atoms with Crippen molar-refractivity contribution in [3.8, 4) is 0 Å². The summed E-state index contributed by atoms with van der Waals surface area (Å²) in [7, 11) is 0. The summed E-state index contributed by atoms with van der Waals surface area (Å²) in [5, 5.41) is 3.42. The minimum Gasteiger partial charge on any atom is -0.379 e. The van der Waals surface area contributed by atoms with Crippen molar-refractivity contribution >= 4 is 5.91 Å². The molecule has 1 aromatic rings. The number of likely N-dealkylation sites (tertiary alicyclic amines) is 1. The topological polar surface area (TPSA) is 57.7 Å². The lowest BCUT2D eigenvalue weighted by Crippen LogP contribution is -2.57. The lowest BCUT2D eigenvalue weighted by molar-refractivity contribution is -0.124. The molecule has 1 N–H and O–H groups in total. The Morgan fingerprint density at radius 1 is 1.22 bits per heavy atom. The summed E-state index contributed by atoms with van der Waals surface area (Å²) in [6, 6.07) is 6.59. The van der Waals surface area contributed by atoms with Crippen LogP contribution in [0.15, 0.2) is 24.4 Å². The summed E-state index contributed by atoms with van der Waals surface area (Å²) in [5.74, 6) is 0.162. The van der Waals surface area contributed by atoms with Gasteiger partial charge in [0.25, 0.3) is 0 Å². The molecule has 3 rings (SSSR count). The van der Waals surface area contributed by atoms with Gasteiger partial charge in [-0.15, -0.1) is 0 Å². The van der Waals surface area contributed by atoms with Crippen LogP contribution in [0.3, 0.4) is 0 Å². The first-order chi connectivity index (χ1) is 13.1. The van der Waals surface area contributed by atoms with E-state index in [0.29, 0.717) is 12.5 Å². The van der Waals surface area contributed by atoms with Gasteiger partial charge >= 0.3 is 0 Å². The molecule has 0 spiro atoms. The van der Waals surface area contributed by atoms with Gasteiger partial charge in [-0.1, -0.05) is 6.07 Å². The first kappa shape index (κ1) is 20.2. The van der Waals surface area contributed by atoms with Crippen LogP contribution in [-0.2, 0) is 16.0 Å². The lowest BCUT2D eigenvalue weighted by atomic mass is 9.82. The first-order valence-electron chi connectivity index (χ1n) is 10.3. The molecule has 2 fully saturated rings. The van der Waals surface area contributed by atoms with Gasteiger partial charge in [0.1, 0.15) is 0 Å². The van der Waals surface area contributed by atoms with E-state index in [1.165, 1.54) is 0 Å². The second-order valence-electron chi connectivity index (χ2n) is 8.16. The fourth-order valence-electron chi connectivity index (χ4n) is 4.11. The summed E-state index contributed by atoms with van der Waals surface area (Å²) < 4.78 is 5.39. The Labute approximate surface area is 163 Å². The van der Waals surface area contributed by atoms with E-state index in [1.54, 1.807) is 0 Å². The molecule has 1 amide bonds. The molecule has 0 bridgehead atoms. The van der Waals surface area contributed by atoms with Crippen molar-refractivity contribution in [3.63, 3.8) is 0 Å². The normalized spacial score (nSPS) is 21.3. The molecule has 0 aliphatic carbocycles. The van der Waals surface area contributed by atoms with Crippen molar-refractivity contribution in [2.45, 2.75) is 51.1 Å². The van der Waals surface area contributed by atoms with Crippen molar-refractivity contribution < 1.29 is 9.53 Å². The summed E-state index contributed by atoms with van der Waals surface area (Å²) in [6.45, 7) is 10.7. The van der Waals surface area contributed by atoms with Crippen LogP contribution in [-0.4, -0.2) is 78.2 Å². The predicted molar refractivity (Wildman–Crippen MR) is 107 cm³/mol. The van der Waals surface area contributed by atoms with Gasteiger partial charge in [-0.2, -0.15) is 0 Å². The third-order valence-corrected chi connectivity index (χ3v) is 5.89. The molecule has 3 heterocycles. The third-order valence-electron chi connectivity index (χ3n) is 5.89. The van der Waals surface area contributed by atoms with Gasteiger partial charge in [0.15, 0.2) is 0 Å². The van der Waals surface area contributed by atoms with Gasteiger partial charge in [0.05, 0.1) is 13.2 Å². The lowest BCUT2D eigenvalue weighted by Gasteiger charge is -2.44. The van der Waals surface area contributed by atoms with E-state index in [9.17, 15) is 4.79 Å². The molecule has 0 aromatic carbocycles.